The Morgan fingerprint density at radius 1 is 1.04 bits per heavy atom. The molecule has 3 N–H and O–H groups in total. The summed E-state index contributed by atoms with van der Waals surface area (Å²) in [6.07, 6.45) is 0. The molecule has 2 heterocycles. The Balaban J connectivity index is 2.43. The molecule has 0 aliphatic carbocycles. The molecular weight excluding hydrogens is 418 g/mol. The van der Waals surface area contributed by atoms with Gasteiger partial charge in [-0.15, -0.1) is 0 Å². The zero-order valence-electron chi connectivity index (χ0n) is 12.4. The number of nitrogen functional groups attached to an aromatic ring is 1. The first-order valence-corrected chi connectivity index (χ1v) is 7.46. The van der Waals surface area contributed by atoms with Gasteiger partial charge >= 0.3 is 5.69 Å². The maximum atomic E-state index is 12.4. The number of amides is 2. The van der Waals surface area contributed by atoms with E-state index in [-0.39, 0.29) is 15.6 Å². The Morgan fingerprint density at radius 2 is 1.69 bits per heavy atom. The van der Waals surface area contributed by atoms with E-state index in [0.29, 0.717) is 10.6 Å². The van der Waals surface area contributed by atoms with Crippen molar-refractivity contribution < 1.29 is 19.4 Å². The van der Waals surface area contributed by atoms with Crippen LogP contribution in [0.1, 0.15) is 20.7 Å². The SMILES string of the molecule is Nc1c2c(cc(=O)n1-c1c(Br)cc([N+](=O)[O-])cc1[N+](=O)[O-])C(=O)NC2=O. The fourth-order valence-electron chi connectivity index (χ4n) is 2.55. The zero-order chi connectivity index (χ0) is 19.3. The number of nitrogens with two attached hydrogens (primary N) is 1. The number of nitro benzene ring substituents is 2. The standard InChI is InChI=1S/C13H6BrN5O7/c14-6-1-4(18(23)24)2-7(19(25)26)10(6)17-8(20)3-5-9(11(17)15)13(22)16-12(5)21/h1-3H,15H2,(H,16,21,22). The molecule has 13 heteroatoms. The first kappa shape index (κ1) is 17.2. The number of hydrogen-bond donors (Lipinski definition) is 2. The molecule has 0 atom stereocenters. The lowest BCUT2D eigenvalue weighted by Gasteiger charge is -2.13. The van der Waals surface area contributed by atoms with Crippen molar-refractivity contribution in [3.05, 3.63) is 64.4 Å². The van der Waals surface area contributed by atoms with Crippen molar-refractivity contribution in [1.29, 1.82) is 0 Å². The third-order valence-corrected chi connectivity index (χ3v) is 4.22. The highest BCUT2D eigenvalue weighted by Gasteiger charge is 2.34. The topological polar surface area (TPSA) is 180 Å². The van der Waals surface area contributed by atoms with Crippen molar-refractivity contribution in [3.63, 3.8) is 0 Å². The fraction of sp³-hybridized carbons (Fsp3) is 0. The number of rotatable bonds is 3. The minimum absolute atomic E-state index is 0.170. The Hall–Kier alpha value is -3.61. The van der Waals surface area contributed by atoms with E-state index in [2.05, 4.69) is 15.9 Å². The molecule has 12 nitrogen and oxygen atoms in total. The molecule has 0 spiro atoms. The first-order valence-electron chi connectivity index (χ1n) is 6.67. The van der Waals surface area contributed by atoms with E-state index in [9.17, 15) is 34.6 Å². The number of non-ortho nitro benzene ring substituents is 1. The van der Waals surface area contributed by atoms with Crippen LogP contribution in [-0.4, -0.2) is 26.2 Å². The molecule has 2 aromatic rings. The number of fused-ring (bicyclic) bond motifs is 1. The number of halogens is 1. The Bertz CT molecular complexity index is 1110. The van der Waals surface area contributed by atoms with Crippen LogP contribution in [0.15, 0.2) is 27.5 Å². The third-order valence-electron chi connectivity index (χ3n) is 3.61. The number of hydrogen-bond acceptors (Lipinski definition) is 8. The average molecular weight is 424 g/mol. The van der Waals surface area contributed by atoms with Crippen molar-refractivity contribution >= 4 is 44.9 Å². The largest absolute Gasteiger partial charge is 0.384 e. The van der Waals surface area contributed by atoms with Gasteiger partial charge in [0.05, 0.1) is 31.5 Å². The van der Waals surface area contributed by atoms with Gasteiger partial charge in [0, 0.05) is 12.1 Å². The normalized spacial score (nSPS) is 12.7. The number of anilines is 1. The number of carbonyl (C=O) groups is 2. The van der Waals surface area contributed by atoms with Crippen LogP contribution in [0.25, 0.3) is 5.69 Å². The van der Waals surface area contributed by atoms with Crippen LogP contribution >= 0.6 is 15.9 Å². The highest BCUT2D eigenvalue weighted by atomic mass is 79.9. The number of pyridine rings is 1. The number of nitrogens with one attached hydrogen (secondary N) is 1. The van der Waals surface area contributed by atoms with E-state index >= 15 is 0 Å². The van der Waals surface area contributed by atoms with Gasteiger partial charge in [-0.2, -0.15) is 0 Å². The van der Waals surface area contributed by atoms with Crippen molar-refractivity contribution in [2.75, 3.05) is 5.73 Å². The summed E-state index contributed by atoms with van der Waals surface area (Å²) in [6.45, 7) is 0. The summed E-state index contributed by atoms with van der Waals surface area (Å²) < 4.78 is 0.472. The van der Waals surface area contributed by atoms with E-state index in [4.69, 9.17) is 5.73 Å². The van der Waals surface area contributed by atoms with Crippen LogP contribution in [0.2, 0.25) is 0 Å². The molecule has 0 bridgehead atoms. The molecule has 1 aromatic heterocycles. The molecule has 26 heavy (non-hydrogen) atoms. The highest BCUT2D eigenvalue weighted by molar-refractivity contribution is 9.10. The quantitative estimate of drug-likeness (QED) is 0.414. The number of nitrogens with zero attached hydrogens (tertiary/aromatic N) is 3. The van der Waals surface area contributed by atoms with Gasteiger partial charge in [0.1, 0.15) is 11.5 Å². The van der Waals surface area contributed by atoms with E-state index in [0.717, 1.165) is 12.1 Å². The van der Waals surface area contributed by atoms with Crippen LogP contribution in [0, 0.1) is 20.2 Å². The smallest absolute Gasteiger partial charge is 0.301 e. The second-order valence-corrected chi connectivity index (χ2v) is 5.94. The van der Waals surface area contributed by atoms with Crippen molar-refractivity contribution in [2.24, 2.45) is 0 Å². The number of aromatic nitrogens is 1. The van der Waals surface area contributed by atoms with Crippen molar-refractivity contribution in [1.82, 2.24) is 9.88 Å². The monoisotopic (exact) mass is 423 g/mol. The van der Waals surface area contributed by atoms with E-state index in [1.165, 1.54) is 0 Å². The summed E-state index contributed by atoms with van der Waals surface area (Å²) in [6, 6.07) is 2.42. The average Bonchev–Trinajstić information content (AvgIpc) is 2.82. The van der Waals surface area contributed by atoms with Gasteiger partial charge in [-0.3, -0.25) is 44.5 Å². The van der Waals surface area contributed by atoms with Gasteiger partial charge in [0.25, 0.3) is 23.1 Å². The Labute approximate surface area is 150 Å². The number of benzene rings is 1. The summed E-state index contributed by atoms with van der Waals surface area (Å²) in [5, 5.41) is 24.2. The minimum Gasteiger partial charge on any atom is -0.384 e. The van der Waals surface area contributed by atoms with Crippen LogP contribution in [0.4, 0.5) is 17.2 Å². The molecular formula is C13H6BrN5O7. The molecule has 1 aromatic carbocycles. The second kappa shape index (κ2) is 5.73. The zero-order valence-corrected chi connectivity index (χ0v) is 14.0. The van der Waals surface area contributed by atoms with E-state index < -0.39 is 50.1 Å². The fourth-order valence-corrected chi connectivity index (χ4v) is 3.16. The van der Waals surface area contributed by atoms with Gasteiger partial charge < -0.3 is 5.73 Å². The minimum atomic E-state index is -0.933. The molecule has 3 rings (SSSR count). The maximum Gasteiger partial charge on any atom is 0.301 e. The van der Waals surface area contributed by atoms with Gasteiger partial charge in [0.2, 0.25) is 0 Å². The lowest BCUT2D eigenvalue weighted by atomic mass is 10.1. The molecule has 1 aliphatic rings. The number of carbonyl (C=O) groups excluding carboxylic acids is 2. The molecule has 0 fully saturated rings. The van der Waals surface area contributed by atoms with Crippen molar-refractivity contribution in [3.8, 4) is 5.69 Å². The molecule has 0 saturated heterocycles. The van der Waals surface area contributed by atoms with Crippen LogP contribution in [0.3, 0.4) is 0 Å². The van der Waals surface area contributed by atoms with Gasteiger partial charge in [0.15, 0.2) is 0 Å². The van der Waals surface area contributed by atoms with Crippen molar-refractivity contribution in [2.45, 2.75) is 0 Å². The summed E-state index contributed by atoms with van der Waals surface area (Å²) in [5.41, 5.74) is 2.55. The van der Waals surface area contributed by atoms with Gasteiger partial charge in [-0.1, -0.05) is 0 Å². The van der Waals surface area contributed by atoms with Gasteiger partial charge in [-0.05, 0) is 15.9 Å². The van der Waals surface area contributed by atoms with E-state index in [1.807, 2.05) is 5.32 Å². The van der Waals surface area contributed by atoms with Crippen LogP contribution in [-0.2, 0) is 0 Å². The molecule has 0 unspecified atom stereocenters. The number of imide groups is 1. The Morgan fingerprint density at radius 3 is 2.27 bits per heavy atom. The van der Waals surface area contributed by atoms with Gasteiger partial charge in [-0.25, -0.2) is 0 Å². The maximum absolute atomic E-state index is 12.4. The summed E-state index contributed by atoms with van der Waals surface area (Å²) in [5.74, 6) is -2.19. The summed E-state index contributed by atoms with van der Waals surface area (Å²) >= 11 is 2.96. The third kappa shape index (κ3) is 2.41. The predicted molar refractivity (Wildman–Crippen MR) is 89.3 cm³/mol. The Kier molecular flexibility index (Phi) is 3.80. The summed E-state index contributed by atoms with van der Waals surface area (Å²) in [7, 11) is 0. The number of nitro groups is 2. The lowest BCUT2D eigenvalue weighted by molar-refractivity contribution is -0.394. The second-order valence-electron chi connectivity index (χ2n) is 5.08. The van der Waals surface area contributed by atoms with Crippen LogP contribution in [0.5, 0.6) is 0 Å². The molecule has 0 saturated carbocycles. The van der Waals surface area contributed by atoms with E-state index in [1.54, 1.807) is 0 Å². The predicted octanol–water partition coefficient (Wildman–Crippen LogP) is 0.882. The summed E-state index contributed by atoms with van der Waals surface area (Å²) in [4.78, 5) is 56.5. The first-order chi connectivity index (χ1) is 12.1. The van der Waals surface area contributed by atoms with Crippen LogP contribution < -0.4 is 16.6 Å². The lowest BCUT2D eigenvalue weighted by Crippen LogP contribution is -2.25. The highest BCUT2D eigenvalue weighted by Crippen LogP contribution is 2.36. The molecule has 132 valence electrons. The molecule has 1 aliphatic heterocycles. The molecule has 2 amide bonds. The molecule has 0 radical (unpaired) electrons.